The number of benzene rings is 3. The number of rotatable bonds is 12. The Morgan fingerprint density at radius 2 is 1.54 bits per heavy atom. The average Bonchev–Trinajstić information content (AvgIpc) is 4.03. The van der Waals surface area contributed by atoms with Gasteiger partial charge in [-0.15, -0.1) is 10.2 Å². The number of carbonyl (C=O) groups excluding carboxylic acids is 4. The van der Waals surface area contributed by atoms with Crippen molar-refractivity contribution in [2.45, 2.75) is 127 Å². The lowest BCUT2D eigenvalue weighted by molar-refractivity contribution is -0.138. The molecular weight excluding hydrogens is 931 g/mol. The van der Waals surface area contributed by atoms with Gasteiger partial charge in [0.2, 0.25) is 11.8 Å². The van der Waals surface area contributed by atoms with Gasteiger partial charge in [-0.2, -0.15) is 13.2 Å². The van der Waals surface area contributed by atoms with E-state index in [2.05, 4.69) is 38.3 Å². The first-order valence-electron chi connectivity index (χ1n) is 25.9. The number of imide groups is 1. The summed E-state index contributed by atoms with van der Waals surface area (Å²) in [5.41, 5.74) is 2.43. The van der Waals surface area contributed by atoms with Gasteiger partial charge in [0.05, 0.1) is 36.5 Å². The second-order valence-electron chi connectivity index (χ2n) is 21.8. The minimum absolute atomic E-state index is 0.00168. The average molecular weight is 994 g/mol. The van der Waals surface area contributed by atoms with Crippen LogP contribution >= 0.6 is 0 Å². The maximum absolute atomic E-state index is 16.0. The highest BCUT2D eigenvalue weighted by molar-refractivity contribution is 6.10. The van der Waals surface area contributed by atoms with Crippen LogP contribution < -0.4 is 15.1 Å². The Hall–Kier alpha value is -5.72. The van der Waals surface area contributed by atoms with Gasteiger partial charge >= 0.3 is 6.18 Å². The van der Waals surface area contributed by atoms with Gasteiger partial charge in [0.15, 0.2) is 5.82 Å². The van der Waals surface area contributed by atoms with Gasteiger partial charge in [0, 0.05) is 100 Å². The number of nitrogens with one attached hydrogen (secondary N) is 1. The molecule has 5 fully saturated rings. The van der Waals surface area contributed by atoms with Crippen molar-refractivity contribution in [2.75, 3.05) is 55.6 Å². The van der Waals surface area contributed by atoms with Gasteiger partial charge in [-0.25, -0.2) is 4.39 Å². The number of fused-ring (bicyclic) bond motifs is 2. The van der Waals surface area contributed by atoms with Crippen LogP contribution in [0.1, 0.15) is 125 Å². The number of amides is 4. The predicted octanol–water partition coefficient (Wildman–Crippen LogP) is 7.17. The number of piperidine rings is 2. The van der Waals surface area contributed by atoms with E-state index in [1.807, 2.05) is 34.7 Å². The molecule has 18 heteroatoms. The van der Waals surface area contributed by atoms with Crippen molar-refractivity contribution in [2.24, 2.45) is 18.9 Å². The number of hydrogen-bond donors (Lipinski definition) is 1. The second kappa shape index (κ2) is 19.3. The van der Waals surface area contributed by atoms with Crippen LogP contribution in [0.25, 0.3) is 0 Å². The third-order valence-electron chi connectivity index (χ3n) is 16.9. The zero-order valence-corrected chi connectivity index (χ0v) is 41.1. The van der Waals surface area contributed by atoms with E-state index in [9.17, 15) is 32.3 Å². The van der Waals surface area contributed by atoms with Crippen LogP contribution in [0.2, 0.25) is 0 Å². The van der Waals surface area contributed by atoms with Gasteiger partial charge in [-0.1, -0.05) is 19.1 Å². The minimum atomic E-state index is -4.61. The smallest absolute Gasteiger partial charge is 0.375 e. The Morgan fingerprint density at radius 1 is 0.806 bits per heavy atom. The van der Waals surface area contributed by atoms with Gasteiger partial charge in [0.1, 0.15) is 18.2 Å². The van der Waals surface area contributed by atoms with Crippen LogP contribution in [0.3, 0.4) is 0 Å². The number of nitrogens with zero attached hydrogens (tertiary/aromatic N) is 8. The molecule has 11 rings (SSSR count). The highest BCUT2D eigenvalue weighted by Crippen LogP contribution is 2.51. The fourth-order valence-electron chi connectivity index (χ4n) is 13.1. The van der Waals surface area contributed by atoms with E-state index in [4.69, 9.17) is 4.74 Å². The normalized spacial score (nSPS) is 26.6. The number of carbonyl (C=O) groups is 4. The lowest BCUT2D eigenvalue weighted by atomic mass is 9.57. The maximum atomic E-state index is 16.0. The first-order chi connectivity index (χ1) is 34.6. The zero-order valence-electron chi connectivity index (χ0n) is 41.1. The van der Waals surface area contributed by atoms with E-state index in [1.165, 1.54) is 15.9 Å². The molecule has 6 heterocycles. The van der Waals surface area contributed by atoms with Crippen LogP contribution in [0.4, 0.5) is 28.9 Å². The Balaban J connectivity index is 0.642. The van der Waals surface area contributed by atoms with E-state index in [0.717, 1.165) is 95.5 Å². The standard InChI is InChI=1S/C54H63F4N9O5/c1-33-25-53(26-33,27-47-61-59-32-62(47)2)36-4-3-5-37(24-36)66-30-42-41(52(66)71)22-35(23-44(42)54(56,57)58)29-64-20-18-63(19-21-64)28-34-6-8-38(9-7-34)72-39-14-16-65(17-15-39)45-11-10-40-43(49(45)55)31-67(51(40)70)46-12-13-48(68)60-50(46)69/h3-5,10-11,22-24,32-34,38-39,46H,6-9,12-21,25-31H2,1-2H3,(H,60,68,69). The lowest BCUT2D eigenvalue weighted by Gasteiger charge is -2.47. The molecule has 3 saturated heterocycles. The fraction of sp³-hybridized carbons (Fsp3) is 0.556. The molecule has 4 amide bonds. The molecule has 0 bridgehead atoms. The van der Waals surface area contributed by atoms with Gasteiger partial charge in [0.25, 0.3) is 11.8 Å². The van der Waals surface area contributed by atoms with Crippen molar-refractivity contribution in [3.8, 4) is 0 Å². The van der Waals surface area contributed by atoms with E-state index >= 15 is 4.39 Å². The monoisotopic (exact) mass is 993 g/mol. The Labute approximate surface area is 417 Å². The van der Waals surface area contributed by atoms with Crippen molar-refractivity contribution in [3.63, 3.8) is 0 Å². The zero-order chi connectivity index (χ0) is 50.1. The van der Waals surface area contributed by atoms with E-state index in [-0.39, 0.29) is 72.1 Å². The largest absolute Gasteiger partial charge is 0.416 e. The van der Waals surface area contributed by atoms with E-state index < -0.39 is 35.4 Å². The fourth-order valence-corrected chi connectivity index (χ4v) is 13.1. The molecule has 3 aromatic carbocycles. The molecule has 382 valence electrons. The molecule has 0 spiro atoms. The topological polar surface area (TPSA) is 136 Å². The molecule has 0 radical (unpaired) electrons. The van der Waals surface area contributed by atoms with Crippen molar-refractivity contribution in [1.82, 2.24) is 34.8 Å². The lowest BCUT2D eigenvalue weighted by Crippen LogP contribution is -2.52. The number of halogens is 4. The third kappa shape index (κ3) is 9.42. The number of hydrogen-bond acceptors (Lipinski definition) is 10. The van der Waals surface area contributed by atoms with Crippen LogP contribution in [0, 0.1) is 17.7 Å². The first kappa shape index (κ1) is 48.5. The molecular formula is C54H63F4N9O5. The molecule has 1 N–H and O–H groups in total. The summed E-state index contributed by atoms with van der Waals surface area (Å²) in [5, 5.41) is 10.7. The van der Waals surface area contributed by atoms with E-state index in [0.29, 0.717) is 60.4 Å². The van der Waals surface area contributed by atoms with Crippen molar-refractivity contribution in [1.29, 1.82) is 0 Å². The number of alkyl halides is 3. The SMILES string of the molecule is CC1CC(Cc2nncn2C)(c2cccc(N3Cc4c(cc(CN5CCN(CC6CCC(OC7CCN(c8ccc9c(c8F)CN(C8CCC(=O)NC8=O)C9=O)CC7)CC6)CC5)cc4C(F)(F)F)C3=O)c2)C1. The van der Waals surface area contributed by atoms with Crippen LogP contribution in [-0.4, -0.2) is 117 Å². The molecule has 2 saturated carbocycles. The number of aromatic nitrogens is 3. The Kier molecular flexibility index (Phi) is 13.0. The van der Waals surface area contributed by atoms with Gasteiger partial charge in [-0.3, -0.25) is 29.4 Å². The number of anilines is 2. The van der Waals surface area contributed by atoms with Gasteiger partial charge in [-0.05, 0) is 123 Å². The molecule has 72 heavy (non-hydrogen) atoms. The van der Waals surface area contributed by atoms with Gasteiger partial charge < -0.3 is 28.9 Å². The third-order valence-corrected chi connectivity index (χ3v) is 16.9. The second-order valence-corrected chi connectivity index (χ2v) is 21.8. The minimum Gasteiger partial charge on any atom is -0.375 e. The molecule has 1 unspecified atom stereocenters. The van der Waals surface area contributed by atoms with Crippen molar-refractivity contribution in [3.05, 3.63) is 105 Å². The van der Waals surface area contributed by atoms with Crippen molar-refractivity contribution >= 4 is 35.0 Å². The molecule has 5 aliphatic heterocycles. The summed E-state index contributed by atoms with van der Waals surface area (Å²) in [6, 6.07) is 13.2. The number of ether oxygens (including phenoxy) is 1. The molecule has 1 atom stereocenters. The highest BCUT2D eigenvalue weighted by atomic mass is 19.4. The van der Waals surface area contributed by atoms with Crippen molar-refractivity contribution < 1.29 is 41.5 Å². The summed E-state index contributed by atoms with van der Waals surface area (Å²) < 4.78 is 68.9. The summed E-state index contributed by atoms with van der Waals surface area (Å²) in [5.74, 6) is -0.170. The van der Waals surface area contributed by atoms with Crippen LogP contribution in [0.15, 0.2) is 54.9 Å². The quantitative estimate of drug-likeness (QED) is 0.115. The molecule has 2 aliphatic carbocycles. The summed E-state index contributed by atoms with van der Waals surface area (Å²) in [6.45, 7) is 7.76. The summed E-state index contributed by atoms with van der Waals surface area (Å²) in [7, 11) is 1.92. The molecule has 4 aromatic rings. The highest BCUT2D eigenvalue weighted by Gasteiger charge is 2.46. The number of aryl methyl sites for hydroxylation is 1. The first-order valence-corrected chi connectivity index (χ1v) is 25.9. The van der Waals surface area contributed by atoms with E-state index in [1.54, 1.807) is 24.5 Å². The molecule has 14 nitrogen and oxygen atoms in total. The summed E-state index contributed by atoms with van der Waals surface area (Å²) in [4.78, 5) is 61.0. The van der Waals surface area contributed by atoms with Crippen LogP contribution in [0.5, 0.6) is 0 Å². The predicted molar refractivity (Wildman–Crippen MR) is 259 cm³/mol. The Bertz CT molecular complexity index is 2750. The Morgan fingerprint density at radius 3 is 2.24 bits per heavy atom. The molecule has 1 aromatic heterocycles. The summed E-state index contributed by atoms with van der Waals surface area (Å²) in [6.07, 6.45) is 5.91. The maximum Gasteiger partial charge on any atom is 0.416 e. The molecule has 7 aliphatic rings. The number of piperazine rings is 1. The van der Waals surface area contributed by atoms with Crippen LogP contribution in [-0.2, 0) is 59.0 Å². The summed E-state index contributed by atoms with van der Waals surface area (Å²) >= 11 is 0.